The second-order valence-corrected chi connectivity index (χ2v) is 5.16. The van der Waals surface area contributed by atoms with E-state index < -0.39 is 18.4 Å². The van der Waals surface area contributed by atoms with Gasteiger partial charge in [0.05, 0.1) is 0 Å². The van der Waals surface area contributed by atoms with Gasteiger partial charge in [0.15, 0.2) is 0 Å². The first-order valence-electron chi connectivity index (χ1n) is 6.90. The van der Waals surface area contributed by atoms with E-state index in [9.17, 15) is 13.6 Å². The van der Waals surface area contributed by atoms with Crippen LogP contribution in [-0.4, -0.2) is 18.6 Å². The molecule has 2 unspecified atom stereocenters. The van der Waals surface area contributed by atoms with Crippen LogP contribution in [0.3, 0.4) is 0 Å². The summed E-state index contributed by atoms with van der Waals surface area (Å²) in [6, 6.07) is 9.14. The van der Waals surface area contributed by atoms with E-state index >= 15 is 0 Å². The standard InChI is InChI=1S/C15H19F2NO2/c16-14(17)12-7-4-8-13(9-12)18-15(19)20-10-11-5-2-1-3-6-11/h1-3,5-6,12-14H,4,7-10H2,(H,18,19). The smallest absolute Gasteiger partial charge is 0.407 e. The third-order valence-electron chi connectivity index (χ3n) is 3.61. The molecule has 0 radical (unpaired) electrons. The van der Waals surface area contributed by atoms with Crippen LogP contribution < -0.4 is 5.32 Å². The number of carbonyl (C=O) groups excluding carboxylic acids is 1. The van der Waals surface area contributed by atoms with E-state index in [2.05, 4.69) is 5.32 Å². The Labute approximate surface area is 117 Å². The molecule has 1 aliphatic carbocycles. The Morgan fingerprint density at radius 3 is 2.75 bits per heavy atom. The minimum Gasteiger partial charge on any atom is -0.445 e. The Morgan fingerprint density at radius 1 is 1.30 bits per heavy atom. The Balaban J connectivity index is 1.74. The van der Waals surface area contributed by atoms with E-state index in [1.54, 1.807) is 0 Å². The largest absolute Gasteiger partial charge is 0.445 e. The van der Waals surface area contributed by atoms with Crippen molar-refractivity contribution in [3.8, 4) is 0 Å². The van der Waals surface area contributed by atoms with Crippen molar-refractivity contribution in [1.29, 1.82) is 0 Å². The molecule has 3 nitrogen and oxygen atoms in total. The third kappa shape index (κ3) is 4.47. The van der Waals surface area contributed by atoms with Gasteiger partial charge in [-0.2, -0.15) is 0 Å². The highest BCUT2D eigenvalue weighted by Gasteiger charge is 2.29. The lowest BCUT2D eigenvalue weighted by Crippen LogP contribution is -2.39. The first-order chi connectivity index (χ1) is 9.65. The van der Waals surface area contributed by atoms with E-state index in [4.69, 9.17) is 4.74 Å². The van der Waals surface area contributed by atoms with E-state index in [1.165, 1.54) is 0 Å². The minimum absolute atomic E-state index is 0.192. The molecule has 1 saturated carbocycles. The number of ether oxygens (including phenoxy) is 1. The summed E-state index contributed by atoms with van der Waals surface area (Å²) in [5, 5.41) is 2.68. The highest BCUT2D eigenvalue weighted by molar-refractivity contribution is 5.67. The lowest BCUT2D eigenvalue weighted by molar-refractivity contribution is 0.0464. The molecule has 1 N–H and O–H groups in total. The van der Waals surface area contributed by atoms with E-state index in [0.29, 0.717) is 12.8 Å². The number of alkyl halides is 2. The van der Waals surface area contributed by atoms with Crippen molar-refractivity contribution in [1.82, 2.24) is 5.32 Å². The van der Waals surface area contributed by atoms with Gasteiger partial charge in [-0.05, 0) is 24.8 Å². The zero-order valence-corrected chi connectivity index (χ0v) is 11.2. The van der Waals surface area contributed by atoms with Crippen molar-refractivity contribution >= 4 is 6.09 Å². The van der Waals surface area contributed by atoms with Gasteiger partial charge in [-0.25, -0.2) is 13.6 Å². The molecule has 0 saturated heterocycles. The van der Waals surface area contributed by atoms with Crippen LogP contribution in [-0.2, 0) is 11.3 Å². The van der Waals surface area contributed by atoms with Crippen molar-refractivity contribution in [2.24, 2.45) is 5.92 Å². The topological polar surface area (TPSA) is 38.3 Å². The monoisotopic (exact) mass is 283 g/mol. The molecule has 1 aromatic rings. The van der Waals surface area contributed by atoms with Gasteiger partial charge >= 0.3 is 6.09 Å². The van der Waals surface area contributed by atoms with Crippen molar-refractivity contribution in [3.63, 3.8) is 0 Å². The first-order valence-corrected chi connectivity index (χ1v) is 6.90. The molecule has 110 valence electrons. The summed E-state index contributed by atoms with van der Waals surface area (Å²) < 4.78 is 30.4. The Bertz CT molecular complexity index is 425. The van der Waals surface area contributed by atoms with Crippen LogP contribution in [0.15, 0.2) is 30.3 Å². The third-order valence-corrected chi connectivity index (χ3v) is 3.61. The Kier molecular flexibility index (Phi) is 5.32. The van der Waals surface area contributed by atoms with Crippen LogP contribution in [0.4, 0.5) is 13.6 Å². The van der Waals surface area contributed by atoms with Gasteiger partial charge in [-0.1, -0.05) is 36.8 Å². The average molecular weight is 283 g/mol. The summed E-state index contributed by atoms with van der Waals surface area (Å²) in [5.74, 6) is -0.608. The number of hydrogen-bond donors (Lipinski definition) is 1. The molecule has 0 heterocycles. The summed E-state index contributed by atoms with van der Waals surface area (Å²) in [6.07, 6.45) is -0.510. The second-order valence-electron chi connectivity index (χ2n) is 5.16. The van der Waals surface area contributed by atoms with Crippen LogP contribution in [0.25, 0.3) is 0 Å². The lowest BCUT2D eigenvalue weighted by Gasteiger charge is -2.28. The van der Waals surface area contributed by atoms with Crippen molar-refractivity contribution < 1.29 is 18.3 Å². The van der Waals surface area contributed by atoms with Crippen LogP contribution >= 0.6 is 0 Å². The van der Waals surface area contributed by atoms with Crippen LogP contribution in [0.2, 0.25) is 0 Å². The summed E-state index contributed by atoms with van der Waals surface area (Å²) >= 11 is 0. The summed E-state index contributed by atoms with van der Waals surface area (Å²) in [6.45, 7) is 0.192. The fraction of sp³-hybridized carbons (Fsp3) is 0.533. The minimum atomic E-state index is -2.31. The number of rotatable bonds is 4. The fourth-order valence-corrected chi connectivity index (χ4v) is 2.52. The molecule has 0 aliphatic heterocycles. The van der Waals surface area contributed by atoms with Gasteiger partial charge in [0, 0.05) is 12.0 Å². The molecule has 1 fully saturated rings. The van der Waals surface area contributed by atoms with Crippen LogP contribution in [0, 0.1) is 5.92 Å². The predicted molar refractivity (Wildman–Crippen MR) is 71.5 cm³/mol. The molecule has 1 aliphatic rings. The normalized spacial score (nSPS) is 22.6. The highest BCUT2D eigenvalue weighted by Crippen LogP contribution is 2.29. The van der Waals surface area contributed by atoms with E-state index in [-0.39, 0.29) is 12.6 Å². The molecule has 1 amide bonds. The number of halogens is 2. The SMILES string of the molecule is O=C(NC1CCCC(C(F)F)C1)OCc1ccccc1. The zero-order chi connectivity index (χ0) is 14.4. The van der Waals surface area contributed by atoms with Crippen molar-refractivity contribution in [2.45, 2.75) is 44.8 Å². The van der Waals surface area contributed by atoms with Gasteiger partial charge in [0.2, 0.25) is 6.43 Å². The number of nitrogens with one attached hydrogen (secondary N) is 1. The highest BCUT2D eigenvalue weighted by atomic mass is 19.3. The molecular formula is C15H19F2NO2. The zero-order valence-electron chi connectivity index (χ0n) is 11.2. The maximum Gasteiger partial charge on any atom is 0.407 e. The van der Waals surface area contributed by atoms with Crippen LogP contribution in [0.1, 0.15) is 31.2 Å². The number of benzene rings is 1. The van der Waals surface area contributed by atoms with E-state index in [0.717, 1.165) is 18.4 Å². The van der Waals surface area contributed by atoms with Gasteiger partial charge in [-0.3, -0.25) is 0 Å². The van der Waals surface area contributed by atoms with Gasteiger partial charge in [0.1, 0.15) is 6.61 Å². The molecule has 2 atom stereocenters. The van der Waals surface area contributed by atoms with Crippen molar-refractivity contribution in [2.75, 3.05) is 0 Å². The van der Waals surface area contributed by atoms with Crippen molar-refractivity contribution in [3.05, 3.63) is 35.9 Å². The quantitative estimate of drug-likeness (QED) is 0.914. The lowest BCUT2D eigenvalue weighted by atomic mass is 9.86. The molecule has 1 aromatic carbocycles. The van der Waals surface area contributed by atoms with Gasteiger partial charge in [0.25, 0.3) is 0 Å². The molecular weight excluding hydrogens is 264 g/mol. The number of hydrogen-bond acceptors (Lipinski definition) is 2. The Morgan fingerprint density at radius 2 is 2.05 bits per heavy atom. The summed E-state index contributed by atoms with van der Waals surface area (Å²) in [5.41, 5.74) is 0.900. The summed E-state index contributed by atoms with van der Waals surface area (Å²) in [4.78, 5) is 11.6. The number of alkyl carbamates (subject to hydrolysis) is 1. The predicted octanol–water partition coefficient (Wildman–Crippen LogP) is 3.74. The number of amides is 1. The fourth-order valence-electron chi connectivity index (χ4n) is 2.52. The number of carbonyl (C=O) groups is 1. The molecule has 0 spiro atoms. The van der Waals surface area contributed by atoms with Crippen LogP contribution in [0.5, 0.6) is 0 Å². The molecule has 2 rings (SSSR count). The maximum atomic E-state index is 12.7. The molecule has 0 bridgehead atoms. The Hall–Kier alpha value is -1.65. The maximum absolute atomic E-state index is 12.7. The van der Waals surface area contributed by atoms with Gasteiger partial charge in [-0.15, -0.1) is 0 Å². The van der Waals surface area contributed by atoms with E-state index in [1.807, 2.05) is 30.3 Å². The molecule has 5 heteroatoms. The summed E-state index contributed by atoms with van der Waals surface area (Å²) in [7, 11) is 0. The molecule has 20 heavy (non-hydrogen) atoms. The molecule has 0 aromatic heterocycles. The van der Waals surface area contributed by atoms with Gasteiger partial charge < -0.3 is 10.1 Å². The first kappa shape index (κ1) is 14.8. The average Bonchev–Trinajstić information content (AvgIpc) is 2.46. The second kappa shape index (κ2) is 7.22.